The van der Waals surface area contributed by atoms with Crippen LogP contribution < -0.4 is 0 Å². The Bertz CT molecular complexity index is 428. The van der Waals surface area contributed by atoms with E-state index in [-0.39, 0.29) is 5.97 Å². The van der Waals surface area contributed by atoms with E-state index in [0.29, 0.717) is 17.5 Å². The summed E-state index contributed by atoms with van der Waals surface area (Å²) >= 11 is 0. The molecule has 0 saturated carbocycles. The zero-order valence-electron chi connectivity index (χ0n) is 11.3. The molecule has 1 aromatic carbocycles. The summed E-state index contributed by atoms with van der Waals surface area (Å²) in [6.07, 6.45) is 1.17. The van der Waals surface area contributed by atoms with E-state index in [1.54, 1.807) is 0 Å². The van der Waals surface area contributed by atoms with E-state index in [0.717, 1.165) is 13.1 Å². The summed E-state index contributed by atoms with van der Waals surface area (Å²) in [5.74, 6) is 0.285. The number of rotatable bonds is 3. The number of carbonyl (C=O) groups excluding carboxylic acids is 1. The molecule has 0 radical (unpaired) electrons. The van der Waals surface area contributed by atoms with Gasteiger partial charge >= 0.3 is 5.97 Å². The molecule has 98 valence electrons. The van der Waals surface area contributed by atoms with Crippen LogP contribution in [0.25, 0.3) is 0 Å². The van der Waals surface area contributed by atoms with E-state index in [9.17, 15) is 4.79 Å². The van der Waals surface area contributed by atoms with Crippen LogP contribution in [-0.4, -0.2) is 37.1 Å². The minimum absolute atomic E-state index is 0.254. The van der Waals surface area contributed by atoms with E-state index in [1.165, 1.54) is 19.1 Å². The summed E-state index contributed by atoms with van der Waals surface area (Å²) < 4.78 is 4.76. The molecule has 0 aliphatic carbocycles. The molecule has 1 aliphatic rings. The number of carbonyl (C=O) groups is 1. The van der Waals surface area contributed by atoms with Crippen LogP contribution in [0.15, 0.2) is 24.3 Å². The van der Waals surface area contributed by atoms with Crippen molar-refractivity contribution >= 4 is 5.97 Å². The fraction of sp³-hybridized carbons (Fsp3) is 0.533. The maximum absolute atomic E-state index is 11.5. The Morgan fingerprint density at radius 2 is 2.22 bits per heavy atom. The minimum Gasteiger partial charge on any atom is -0.465 e. The molecule has 1 atom stereocenters. The second kappa shape index (κ2) is 5.53. The van der Waals surface area contributed by atoms with Gasteiger partial charge in [0.05, 0.1) is 12.7 Å². The van der Waals surface area contributed by atoms with Crippen molar-refractivity contribution in [2.75, 3.05) is 20.2 Å². The average molecular weight is 247 g/mol. The molecule has 0 amide bonds. The van der Waals surface area contributed by atoms with Gasteiger partial charge in [-0.15, -0.1) is 0 Å². The van der Waals surface area contributed by atoms with Gasteiger partial charge in [-0.2, -0.15) is 0 Å². The van der Waals surface area contributed by atoms with Crippen LogP contribution in [0.4, 0.5) is 0 Å². The van der Waals surface area contributed by atoms with Crippen LogP contribution in [0, 0.1) is 0 Å². The molecular weight excluding hydrogens is 226 g/mol. The first-order valence-electron chi connectivity index (χ1n) is 6.54. The van der Waals surface area contributed by atoms with Crippen molar-refractivity contribution in [3.05, 3.63) is 35.4 Å². The van der Waals surface area contributed by atoms with Crippen molar-refractivity contribution in [3.8, 4) is 0 Å². The van der Waals surface area contributed by atoms with Crippen LogP contribution in [0.5, 0.6) is 0 Å². The molecule has 1 aliphatic heterocycles. The summed E-state index contributed by atoms with van der Waals surface area (Å²) in [7, 11) is 1.42. The van der Waals surface area contributed by atoms with Gasteiger partial charge in [-0.1, -0.05) is 12.1 Å². The monoisotopic (exact) mass is 247 g/mol. The molecule has 1 saturated heterocycles. The maximum atomic E-state index is 11.5. The van der Waals surface area contributed by atoms with Crippen LogP contribution in [0.2, 0.25) is 0 Å². The number of hydrogen-bond acceptors (Lipinski definition) is 3. The van der Waals surface area contributed by atoms with Gasteiger partial charge in [0.1, 0.15) is 0 Å². The number of methoxy groups -OCH3 is 1. The zero-order chi connectivity index (χ0) is 13.1. The van der Waals surface area contributed by atoms with Gasteiger partial charge < -0.3 is 9.64 Å². The lowest BCUT2D eigenvalue weighted by Crippen LogP contribution is -2.27. The molecule has 3 nitrogen and oxygen atoms in total. The Morgan fingerprint density at radius 1 is 1.44 bits per heavy atom. The standard InChI is InChI=1S/C15H21NO2/c1-11(2)16-8-7-14(10-16)12-5-4-6-13(9-12)15(17)18-3/h4-6,9,11,14H,7-8,10H2,1-3H3. The van der Waals surface area contributed by atoms with E-state index in [4.69, 9.17) is 4.74 Å². The normalized spacial score (nSPS) is 20.3. The lowest BCUT2D eigenvalue weighted by Gasteiger charge is -2.20. The molecule has 0 aromatic heterocycles. The summed E-state index contributed by atoms with van der Waals surface area (Å²) in [5.41, 5.74) is 1.90. The lowest BCUT2D eigenvalue weighted by molar-refractivity contribution is 0.0600. The SMILES string of the molecule is COC(=O)c1cccc(C2CCN(C(C)C)C2)c1. The first-order valence-corrected chi connectivity index (χ1v) is 6.54. The second-order valence-corrected chi connectivity index (χ2v) is 5.19. The first-order chi connectivity index (χ1) is 8.61. The van der Waals surface area contributed by atoms with Gasteiger partial charge in [-0.05, 0) is 50.4 Å². The third-order valence-electron chi connectivity index (χ3n) is 3.73. The van der Waals surface area contributed by atoms with E-state index in [1.807, 2.05) is 18.2 Å². The molecule has 18 heavy (non-hydrogen) atoms. The Balaban J connectivity index is 2.12. The quantitative estimate of drug-likeness (QED) is 0.769. The number of likely N-dealkylation sites (tertiary alicyclic amines) is 1. The second-order valence-electron chi connectivity index (χ2n) is 5.19. The summed E-state index contributed by atoms with van der Waals surface area (Å²) in [4.78, 5) is 14.0. The molecule has 1 unspecified atom stereocenters. The highest BCUT2D eigenvalue weighted by Gasteiger charge is 2.25. The van der Waals surface area contributed by atoms with E-state index >= 15 is 0 Å². The van der Waals surface area contributed by atoms with Crippen molar-refractivity contribution < 1.29 is 9.53 Å². The maximum Gasteiger partial charge on any atom is 0.337 e. The van der Waals surface area contributed by atoms with Gasteiger partial charge in [0, 0.05) is 12.6 Å². The molecule has 1 fully saturated rings. The highest BCUT2D eigenvalue weighted by atomic mass is 16.5. The third-order valence-corrected chi connectivity index (χ3v) is 3.73. The highest BCUT2D eigenvalue weighted by Crippen LogP contribution is 2.28. The van der Waals surface area contributed by atoms with Gasteiger partial charge in [-0.3, -0.25) is 0 Å². The van der Waals surface area contributed by atoms with E-state index < -0.39 is 0 Å². The Morgan fingerprint density at radius 3 is 2.83 bits per heavy atom. The Hall–Kier alpha value is -1.35. The summed E-state index contributed by atoms with van der Waals surface area (Å²) in [5, 5.41) is 0. The molecule has 0 N–H and O–H groups in total. The van der Waals surface area contributed by atoms with Crippen molar-refractivity contribution in [1.82, 2.24) is 4.90 Å². The van der Waals surface area contributed by atoms with Crippen LogP contribution in [0.3, 0.4) is 0 Å². The minimum atomic E-state index is -0.254. The smallest absolute Gasteiger partial charge is 0.337 e. The van der Waals surface area contributed by atoms with E-state index in [2.05, 4.69) is 24.8 Å². The highest BCUT2D eigenvalue weighted by molar-refractivity contribution is 5.89. The molecular formula is C15H21NO2. The molecule has 1 aromatic rings. The lowest BCUT2D eigenvalue weighted by atomic mass is 9.96. The number of benzene rings is 1. The first kappa shape index (κ1) is 13.1. The molecule has 1 heterocycles. The topological polar surface area (TPSA) is 29.5 Å². The molecule has 2 rings (SSSR count). The van der Waals surface area contributed by atoms with Crippen molar-refractivity contribution in [3.63, 3.8) is 0 Å². The van der Waals surface area contributed by atoms with Gasteiger partial charge in [0.2, 0.25) is 0 Å². The predicted octanol–water partition coefficient (Wildman–Crippen LogP) is 2.67. The predicted molar refractivity (Wildman–Crippen MR) is 71.8 cm³/mol. The molecule has 0 bridgehead atoms. The number of hydrogen-bond donors (Lipinski definition) is 0. The van der Waals surface area contributed by atoms with Crippen LogP contribution in [-0.2, 0) is 4.74 Å². The fourth-order valence-corrected chi connectivity index (χ4v) is 2.57. The summed E-state index contributed by atoms with van der Waals surface area (Å²) in [6.45, 7) is 6.69. The number of esters is 1. The molecule has 3 heteroatoms. The Kier molecular flexibility index (Phi) is 4.02. The molecule has 0 spiro atoms. The number of ether oxygens (including phenoxy) is 1. The fourth-order valence-electron chi connectivity index (χ4n) is 2.57. The zero-order valence-corrected chi connectivity index (χ0v) is 11.3. The van der Waals surface area contributed by atoms with Crippen molar-refractivity contribution in [2.24, 2.45) is 0 Å². The van der Waals surface area contributed by atoms with Gasteiger partial charge in [0.15, 0.2) is 0 Å². The van der Waals surface area contributed by atoms with Gasteiger partial charge in [-0.25, -0.2) is 4.79 Å². The van der Waals surface area contributed by atoms with Crippen LogP contribution >= 0.6 is 0 Å². The van der Waals surface area contributed by atoms with Gasteiger partial charge in [0.25, 0.3) is 0 Å². The van der Waals surface area contributed by atoms with Crippen molar-refractivity contribution in [1.29, 1.82) is 0 Å². The average Bonchev–Trinajstić information content (AvgIpc) is 2.88. The summed E-state index contributed by atoms with van der Waals surface area (Å²) in [6, 6.07) is 8.43. The van der Waals surface area contributed by atoms with Crippen molar-refractivity contribution in [2.45, 2.75) is 32.2 Å². The largest absolute Gasteiger partial charge is 0.465 e. The Labute approximate surface area is 109 Å². The number of nitrogens with zero attached hydrogens (tertiary/aromatic N) is 1. The van der Waals surface area contributed by atoms with Crippen LogP contribution in [0.1, 0.15) is 42.1 Å². The third kappa shape index (κ3) is 2.72.